The topological polar surface area (TPSA) is 177 Å². The number of carbonyl (C=O) groups excluding carboxylic acids is 5. The zero-order chi connectivity index (χ0) is 47.9. The Morgan fingerprint density at radius 3 is 2.16 bits per heavy atom. The standard InChI is InChI=1S/C52H83NO11/c1-32-17-13-12-14-18-34(3)44(62-10)28-33(2)20-21-39(8)52(9,61)49(58)50(59)53-26-16-15-19-42(53)51(60)64-45(36(5)30-40-22-24-41(54)25-23-40)31-43(55)35(4)29-38(7)47(57)48(63-11)46(56)37(6)27-32/h12-14,17-18,29,32-33,35-37,39-42,44-45,47-48,54,57,61H,15-16,19-28,30-31H2,1-11H3/b14-12+,17-13+,34-18+,38-29+/t32-,33+,35-,36-,37-,39-,40-,41-,42+,44+,45+,47-,48+,52+/m1/s1. The van der Waals surface area contributed by atoms with Crippen LogP contribution >= 0.6 is 0 Å². The number of carbonyl (C=O) groups is 5. The van der Waals surface area contributed by atoms with Crippen LogP contribution in [0.15, 0.2) is 47.6 Å². The molecule has 12 nitrogen and oxygen atoms in total. The fraction of sp³-hybridized carbons (Fsp3) is 0.750. The normalized spacial score (nSPS) is 39.2. The largest absolute Gasteiger partial charge is 0.460 e. The zero-order valence-electron chi connectivity index (χ0n) is 40.9. The van der Waals surface area contributed by atoms with Crippen molar-refractivity contribution in [1.82, 2.24) is 4.90 Å². The van der Waals surface area contributed by atoms with Gasteiger partial charge in [0.25, 0.3) is 11.7 Å². The van der Waals surface area contributed by atoms with Crippen LogP contribution in [0.2, 0.25) is 0 Å². The number of ether oxygens (including phenoxy) is 3. The summed E-state index contributed by atoms with van der Waals surface area (Å²) in [5, 5.41) is 33.2. The third-order valence-corrected chi connectivity index (χ3v) is 14.5. The molecule has 64 heavy (non-hydrogen) atoms. The number of aliphatic hydroxyl groups excluding tert-OH is 2. The third kappa shape index (κ3) is 16.0. The molecule has 3 N–H and O–H groups in total. The van der Waals surface area contributed by atoms with Gasteiger partial charge in [-0.25, -0.2) is 4.79 Å². The molecule has 0 unspecified atom stereocenters. The van der Waals surface area contributed by atoms with Gasteiger partial charge in [0.15, 0.2) is 5.78 Å². The van der Waals surface area contributed by atoms with E-state index in [9.17, 15) is 39.3 Å². The van der Waals surface area contributed by atoms with E-state index in [0.29, 0.717) is 63.4 Å². The van der Waals surface area contributed by atoms with E-state index in [2.05, 4.69) is 6.92 Å². The number of rotatable bonds is 5. The molecule has 0 radical (unpaired) electrons. The Bertz CT molecular complexity index is 1670. The van der Waals surface area contributed by atoms with Gasteiger partial charge in [-0.3, -0.25) is 19.2 Å². The first-order chi connectivity index (χ1) is 30.1. The number of hydrogen-bond donors (Lipinski definition) is 3. The lowest BCUT2D eigenvalue weighted by Gasteiger charge is -2.38. The molecule has 12 heteroatoms. The Morgan fingerprint density at radius 1 is 0.844 bits per heavy atom. The third-order valence-electron chi connectivity index (χ3n) is 14.5. The molecule has 0 aromatic rings. The molecule has 0 bridgehead atoms. The maximum atomic E-state index is 14.2. The van der Waals surface area contributed by atoms with Crippen LogP contribution in [-0.4, -0.2) is 112 Å². The Kier molecular flexibility index (Phi) is 22.5. The molecule has 3 rings (SSSR count). The minimum atomic E-state index is -1.98. The van der Waals surface area contributed by atoms with E-state index in [1.807, 2.05) is 58.1 Å². The fourth-order valence-electron chi connectivity index (χ4n) is 9.68. The van der Waals surface area contributed by atoms with Gasteiger partial charge in [0.1, 0.15) is 35.7 Å². The highest BCUT2D eigenvalue weighted by Gasteiger charge is 2.46. The van der Waals surface area contributed by atoms with Gasteiger partial charge in [-0.1, -0.05) is 84.4 Å². The summed E-state index contributed by atoms with van der Waals surface area (Å²) < 4.78 is 17.7. The molecule has 2 fully saturated rings. The monoisotopic (exact) mass is 898 g/mol. The summed E-state index contributed by atoms with van der Waals surface area (Å²) in [5.41, 5.74) is -0.533. The number of fused-ring (bicyclic) bond motifs is 1. The van der Waals surface area contributed by atoms with Crippen LogP contribution in [0, 0.1) is 41.4 Å². The van der Waals surface area contributed by atoms with Crippen molar-refractivity contribution >= 4 is 29.2 Å². The van der Waals surface area contributed by atoms with Gasteiger partial charge in [0, 0.05) is 39.0 Å². The number of ketones is 3. The van der Waals surface area contributed by atoms with E-state index in [4.69, 9.17) is 14.2 Å². The van der Waals surface area contributed by atoms with Gasteiger partial charge in [0.05, 0.1) is 12.2 Å². The number of amides is 1. The van der Waals surface area contributed by atoms with E-state index in [1.54, 1.807) is 34.0 Å². The number of esters is 1. The Hall–Kier alpha value is -3.29. The number of cyclic esters (lactones) is 1. The molecule has 2 aliphatic heterocycles. The highest BCUT2D eigenvalue weighted by molar-refractivity contribution is 6.39. The Morgan fingerprint density at radius 2 is 1.52 bits per heavy atom. The van der Waals surface area contributed by atoms with Crippen LogP contribution < -0.4 is 0 Å². The summed E-state index contributed by atoms with van der Waals surface area (Å²) in [6.45, 7) is 16.6. The summed E-state index contributed by atoms with van der Waals surface area (Å²) in [6.07, 6.45) is 15.2. The Labute approximate surface area is 384 Å². The van der Waals surface area contributed by atoms with Crippen LogP contribution in [0.3, 0.4) is 0 Å². The smallest absolute Gasteiger partial charge is 0.329 e. The second-order valence-electron chi connectivity index (χ2n) is 20.1. The summed E-state index contributed by atoms with van der Waals surface area (Å²) in [4.78, 5) is 71.1. The first-order valence-electron chi connectivity index (χ1n) is 24.1. The van der Waals surface area contributed by atoms with Crippen molar-refractivity contribution in [3.63, 3.8) is 0 Å². The molecule has 0 spiro atoms. The molecule has 362 valence electrons. The summed E-state index contributed by atoms with van der Waals surface area (Å²) in [5.74, 6) is -4.48. The molecule has 1 saturated heterocycles. The second-order valence-corrected chi connectivity index (χ2v) is 20.1. The van der Waals surface area contributed by atoms with Crippen LogP contribution in [-0.2, 0) is 38.2 Å². The van der Waals surface area contributed by atoms with Crippen molar-refractivity contribution in [3.05, 3.63) is 47.6 Å². The van der Waals surface area contributed by atoms with E-state index >= 15 is 0 Å². The van der Waals surface area contributed by atoms with Crippen molar-refractivity contribution in [3.8, 4) is 0 Å². The number of hydrogen-bond acceptors (Lipinski definition) is 11. The zero-order valence-corrected chi connectivity index (χ0v) is 40.9. The summed E-state index contributed by atoms with van der Waals surface area (Å²) in [7, 11) is 3.06. The molecule has 1 saturated carbocycles. The molecular formula is C52H83NO11. The first kappa shape index (κ1) is 55.0. The lowest BCUT2D eigenvalue weighted by atomic mass is 9.79. The Balaban J connectivity index is 1.99. The van der Waals surface area contributed by atoms with Gasteiger partial charge < -0.3 is 34.4 Å². The van der Waals surface area contributed by atoms with Crippen molar-refractivity contribution < 1.29 is 53.5 Å². The van der Waals surface area contributed by atoms with E-state index in [-0.39, 0.29) is 66.8 Å². The number of methoxy groups -OCH3 is 2. The minimum absolute atomic E-state index is 0.0572. The maximum absolute atomic E-state index is 14.2. The highest BCUT2D eigenvalue weighted by atomic mass is 16.5. The van der Waals surface area contributed by atoms with Gasteiger partial charge in [-0.2, -0.15) is 0 Å². The van der Waals surface area contributed by atoms with Gasteiger partial charge >= 0.3 is 5.97 Å². The number of piperidine rings is 1. The fourth-order valence-corrected chi connectivity index (χ4v) is 9.68. The van der Waals surface area contributed by atoms with Crippen molar-refractivity contribution in [2.45, 2.75) is 188 Å². The molecule has 1 aliphatic carbocycles. The average Bonchev–Trinajstić information content (AvgIpc) is 3.26. The molecule has 12 atom stereocenters. The molecule has 1 amide bonds. The number of nitrogens with zero attached hydrogens (tertiary/aromatic N) is 1. The van der Waals surface area contributed by atoms with Crippen molar-refractivity contribution in [2.75, 3.05) is 20.8 Å². The number of allylic oxidation sites excluding steroid dienone is 6. The van der Waals surface area contributed by atoms with E-state index in [0.717, 1.165) is 18.4 Å². The van der Waals surface area contributed by atoms with E-state index < -0.39 is 65.4 Å². The molecular weight excluding hydrogens is 815 g/mol. The van der Waals surface area contributed by atoms with Crippen molar-refractivity contribution in [1.29, 1.82) is 0 Å². The van der Waals surface area contributed by atoms with Crippen LogP contribution in [0.4, 0.5) is 0 Å². The SMILES string of the molecule is CO[C@H]1C[C@@H](C)CC[C@@H](C)[C@](C)(O)C(=O)C(=O)N2CCCC[C@H]2C(=O)O[C@H]([C@H](C)C[C@H]2CC[C@H](O)CC2)CC(=O)[C@H](C)/C=C(\C)[C@@H](O)[C@@H](OC)C(=O)[C@H](C)C[C@H](C)/C=C/C=C/C=C/1C. The predicted molar refractivity (Wildman–Crippen MR) is 249 cm³/mol. The quantitative estimate of drug-likeness (QED) is 0.139. The highest BCUT2D eigenvalue weighted by Crippen LogP contribution is 2.34. The van der Waals surface area contributed by atoms with Crippen LogP contribution in [0.5, 0.6) is 0 Å². The maximum Gasteiger partial charge on any atom is 0.329 e. The molecule has 0 aromatic carbocycles. The number of aliphatic hydroxyl groups is 3. The first-order valence-corrected chi connectivity index (χ1v) is 24.1. The minimum Gasteiger partial charge on any atom is -0.460 e. The molecule has 2 heterocycles. The second kappa shape index (κ2) is 26.2. The predicted octanol–water partition coefficient (Wildman–Crippen LogP) is 7.86. The van der Waals surface area contributed by atoms with Crippen LogP contribution in [0.1, 0.15) is 146 Å². The van der Waals surface area contributed by atoms with Crippen molar-refractivity contribution in [2.24, 2.45) is 41.4 Å². The summed E-state index contributed by atoms with van der Waals surface area (Å²) >= 11 is 0. The molecule has 0 aromatic heterocycles. The lowest BCUT2D eigenvalue weighted by Crippen LogP contribution is -2.57. The number of Topliss-reactive ketones (excluding diaryl/α,β-unsaturated/α-hetero) is 3. The average molecular weight is 898 g/mol. The van der Waals surface area contributed by atoms with E-state index in [1.165, 1.54) is 18.9 Å². The van der Waals surface area contributed by atoms with Gasteiger partial charge in [-0.15, -0.1) is 0 Å². The van der Waals surface area contributed by atoms with Gasteiger partial charge in [0.2, 0.25) is 0 Å². The van der Waals surface area contributed by atoms with Gasteiger partial charge in [-0.05, 0) is 132 Å². The molecule has 3 aliphatic rings. The lowest BCUT2D eigenvalue weighted by molar-refractivity contribution is -0.169. The van der Waals surface area contributed by atoms with Crippen LogP contribution in [0.25, 0.3) is 0 Å². The summed E-state index contributed by atoms with van der Waals surface area (Å²) in [6, 6.07) is -1.06.